The van der Waals surface area contributed by atoms with Crippen LogP contribution in [0.2, 0.25) is 0 Å². The molecule has 3 aromatic carbocycles. The summed E-state index contributed by atoms with van der Waals surface area (Å²) in [5.41, 5.74) is -0.200. The van der Waals surface area contributed by atoms with E-state index in [-0.39, 0.29) is 11.7 Å². The van der Waals surface area contributed by atoms with Crippen molar-refractivity contribution in [1.82, 2.24) is 0 Å². The topological polar surface area (TPSA) is 26.3 Å². The number of carbonyl (C=O) groups excluding carboxylic acids is 1. The van der Waals surface area contributed by atoms with Crippen LogP contribution in [0.15, 0.2) is 42.5 Å². The number of fused-ring (bicyclic) bond motifs is 1. The SMILES string of the molecule is CCCC1CCC(c2cc(F)c(C(=O)Oc3ccc4cc(F)c(F)cc4c3)c(F)c2)CC1. The molecule has 0 aromatic heterocycles. The molecule has 0 saturated heterocycles. The van der Waals surface area contributed by atoms with Gasteiger partial charge in [-0.15, -0.1) is 0 Å². The highest BCUT2D eigenvalue weighted by Crippen LogP contribution is 2.38. The van der Waals surface area contributed by atoms with Crippen LogP contribution >= 0.6 is 0 Å². The zero-order valence-corrected chi connectivity index (χ0v) is 17.8. The average molecular weight is 444 g/mol. The van der Waals surface area contributed by atoms with Crippen molar-refractivity contribution in [1.29, 1.82) is 0 Å². The van der Waals surface area contributed by atoms with Crippen molar-refractivity contribution in [2.24, 2.45) is 5.92 Å². The van der Waals surface area contributed by atoms with Gasteiger partial charge in [0.25, 0.3) is 0 Å². The fourth-order valence-electron chi connectivity index (χ4n) is 4.66. The first kappa shape index (κ1) is 22.3. The predicted octanol–water partition coefficient (Wildman–Crippen LogP) is 7.69. The standard InChI is InChI=1S/C26H24F4O2/c1-2-3-15-4-6-16(7-5-15)19-13-23(29)25(24(30)14-19)26(31)32-20-9-8-17-11-21(27)22(28)12-18(17)10-20/h8-16H,2-7H2,1H3. The zero-order chi connectivity index (χ0) is 22.8. The highest BCUT2D eigenvalue weighted by Gasteiger charge is 2.26. The molecule has 168 valence electrons. The van der Waals surface area contributed by atoms with E-state index in [2.05, 4.69) is 6.92 Å². The molecule has 2 nitrogen and oxygen atoms in total. The fraction of sp³-hybridized carbons (Fsp3) is 0.346. The Morgan fingerprint density at radius 3 is 2.09 bits per heavy atom. The van der Waals surface area contributed by atoms with Crippen LogP contribution in [-0.4, -0.2) is 5.97 Å². The number of benzene rings is 3. The third-order valence-corrected chi connectivity index (χ3v) is 6.35. The van der Waals surface area contributed by atoms with Crippen LogP contribution in [0.3, 0.4) is 0 Å². The molecular formula is C26H24F4O2. The van der Waals surface area contributed by atoms with Gasteiger partial charge in [-0.2, -0.15) is 0 Å². The number of ether oxygens (including phenoxy) is 1. The first-order valence-electron chi connectivity index (χ1n) is 11.0. The molecule has 32 heavy (non-hydrogen) atoms. The van der Waals surface area contributed by atoms with Crippen LogP contribution < -0.4 is 4.74 Å². The summed E-state index contributed by atoms with van der Waals surface area (Å²) in [5, 5.41) is 0.697. The van der Waals surface area contributed by atoms with E-state index in [1.54, 1.807) is 0 Å². The molecule has 0 amide bonds. The summed E-state index contributed by atoms with van der Waals surface area (Å²) in [5.74, 6) is -4.42. The molecule has 1 aliphatic carbocycles. The number of rotatable bonds is 5. The lowest BCUT2D eigenvalue weighted by molar-refractivity contribution is 0.0724. The van der Waals surface area contributed by atoms with Gasteiger partial charge in [-0.3, -0.25) is 0 Å². The molecule has 0 radical (unpaired) electrons. The first-order valence-corrected chi connectivity index (χ1v) is 11.0. The van der Waals surface area contributed by atoms with Gasteiger partial charge in [0.15, 0.2) is 11.6 Å². The maximum absolute atomic E-state index is 14.7. The Morgan fingerprint density at radius 1 is 0.844 bits per heavy atom. The highest BCUT2D eigenvalue weighted by atomic mass is 19.2. The molecule has 0 unspecified atom stereocenters. The molecule has 0 bridgehead atoms. The van der Waals surface area contributed by atoms with Gasteiger partial charge in [0.2, 0.25) is 0 Å². The number of hydrogen-bond donors (Lipinski definition) is 0. The lowest BCUT2D eigenvalue weighted by Gasteiger charge is -2.28. The molecule has 1 aliphatic rings. The van der Waals surface area contributed by atoms with E-state index < -0.39 is 34.8 Å². The minimum absolute atomic E-state index is 0.0226. The first-order chi connectivity index (χ1) is 15.4. The molecule has 4 rings (SSSR count). The van der Waals surface area contributed by atoms with Crippen molar-refractivity contribution in [3.8, 4) is 5.75 Å². The molecule has 0 spiro atoms. The van der Waals surface area contributed by atoms with E-state index >= 15 is 0 Å². The quantitative estimate of drug-likeness (QED) is 0.229. The van der Waals surface area contributed by atoms with Gasteiger partial charge < -0.3 is 4.74 Å². The smallest absolute Gasteiger partial charge is 0.349 e. The van der Waals surface area contributed by atoms with Crippen LogP contribution in [0.25, 0.3) is 10.8 Å². The molecule has 0 N–H and O–H groups in total. The van der Waals surface area contributed by atoms with Crippen LogP contribution in [0.4, 0.5) is 17.6 Å². The highest BCUT2D eigenvalue weighted by molar-refractivity contribution is 5.92. The predicted molar refractivity (Wildman–Crippen MR) is 115 cm³/mol. The number of halogens is 4. The summed E-state index contributed by atoms with van der Waals surface area (Å²) < 4.78 is 61.4. The van der Waals surface area contributed by atoms with Crippen LogP contribution in [0, 0.1) is 29.2 Å². The van der Waals surface area contributed by atoms with Crippen LogP contribution in [0.5, 0.6) is 5.75 Å². The zero-order valence-electron chi connectivity index (χ0n) is 17.8. The van der Waals surface area contributed by atoms with Gasteiger partial charge in [0.1, 0.15) is 22.9 Å². The Hall–Kier alpha value is -2.89. The van der Waals surface area contributed by atoms with E-state index in [0.717, 1.165) is 44.2 Å². The molecule has 1 saturated carbocycles. The van der Waals surface area contributed by atoms with E-state index in [0.29, 0.717) is 22.3 Å². The molecule has 0 heterocycles. The van der Waals surface area contributed by atoms with Crippen LogP contribution in [0.1, 0.15) is 67.3 Å². The van der Waals surface area contributed by atoms with Gasteiger partial charge in [-0.05, 0) is 90.3 Å². The number of carbonyl (C=O) groups is 1. The third kappa shape index (κ3) is 4.64. The molecular weight excluding hydrogens is 420 g/mol. The Kier molecular flexibility index (Phi) is 6.49. The van der Waals surface area contributed by atoms with E-state index in [4.69, 9.17) is 4.74 Å². The lowest BCUT2D eigenvalue weighted by atomic mass is 9.77. The molecule has 3 aromatic rings. The maximum Gasteiger partial charge on any atom is 0.349 e. The maximum atomic E-state index is 14.7. The Labute approximate surface area is 184 Å². The van der Waals surface area contributed by atoms with Gasteiger partial charge in [0, 0.05) is 0 Å². The van der Waals surface area contributed by atoms with Gasteiger partial charge in [-0.1, -0.05) is 25.8 Å². The van der Waals surface area contributed by atoms with Crippen molar-refractivity contribution in [3.63, 3.8) is 0 Å². The second-order valence-electron chi connectivity index (χ2n) is 8.53. The molecule has 6 heteroatoms. The van der Waals surface area contributed by atoms with E-state index in [1.165, 1.54) is 36.8 Å². The van der Waals surface area contributed by atoms with Crippen molar-refractivity contribution in [2.75, 3.05) is 0 Å². The lowest BCUT2D eigenvalue weighted by Crippen LogP contribution is -2.16. The largest absolute Gasteiger partial charge is 0.423 e. The molecule has 0 aliphatic heterocycles. The monoisotopic (exact) mass is 444 g/mol. The van der Waals surface area contributed by atoms with Crippen molar-refractivity contribution in [2.45, 2.75) is 51.4 Å². The second-order valence-corrected chi connectivity index (χ2v) is 8.53. The Bertz CT molecular complexity index is 1130. The minimum atomic E-state index is -1.18. The molecule has 0 atom stereocenters. The Morgan fingerprint density at radius 2 is 1.47 bits per heavy atom. The summed E-state index contributed by atoms with van der Waals surface area (Å²) in [4.78, 5) is 12.5. The van der Waals surface area contributed by atoms with Crippen LogP contribution in [-0.2, 0) is 0 Å². The summed E-state index contributed by atoms with van der Waals surface area (Å²) >= 11 is 0. The molecule has 1 fully saturated rings. The summed E-state index contributed by atoms with van der Waals surface area (Å²) in [7, 11) is 0. The van der Waals surface area contributed by atoms with Gasteiger partial charge >= 0.3 is 5.97 Å². The fourth-order valence-corrected chi connectivity index (χ4v) is 4.66. The second kappa shape index (κ2) is 9.31. The number of esters is 1. The summed E-state index contributed by atoms with van der Waals surface area (Å²) in [6, 6.07) is 8.54. The normalized spacial score (nSPS) is 18.7. The minimum Gasteiger partial charge on any atom is -0.423 e. The Balaban J connectivity index is 1.52. The summed E-state index contributed by atoms with van der Waals surface area (Å²) in [6.07, 6.45) is 6.15. The van der Waals surface area contributed by atoms with Crippen molar-refractivity contribution in [3.05, 3.63) is 76.9 Å². The third-order valence-electron chi connectivity index (χ3n) is 6.35. The van der Waals surface area contributed by atoms with E-state index in [1.807, 2.05) is 0 Å². The summed E-state index contributed by atoms with van der Waals surface area (Å²) in [6.45, 7) is 2.16. The van der Waals surface area contributed by atoms with Crippen molar-refractivity contribution >= 4 is 16.7 Å². The van der Waals surface area contributed by atoms with Gasteiger partial charge in [0.05, 0.1) is 0 Å². The average Bonchev–Trinajstić information content (AvgIpc) is 2.75. The van der Waals surface area contributed by atoms with Gasteiger partial charge in [-0.25, -0.2) is 22.4 Å². The van der Waals surface area contributed by atoms with Crippen molar-refractivity contribution < 1.29 is 27.1 Å². The number of hydrogen-bond acceptors (Lipinski definition) is 2. The van der Waals surface area contributed by atoms with E-state index in [9.17, 15) is 22.4 Å².